The molecule has 0 radical (unpaired) electrons. The number of hydrogen-bond donors (Lipinski definition) is 1. The minimum Gasteiger partial charge on any atom is -0.465 e. The van der Waals surface area contributed by atoms with Crippen LogP contribution in [0, 0.1) is 5.92 Å². The fraction of sp³-hybridized carbons (Fsp3) is 0.471. The Kier molecular flexibility index (Phi) is 7.71. The van der Waals surface area contributed by atoms with Crippen molar-refractivity contribution in [3.05, 3.63) is 28.8 Å². The Morgan fingerprint density at radius 3 is 2.50 bits per heavy atom. The van der Waals surface area contributed by atoms with Crippen molar-refractivity contribution < 1.29 is 19.1 Å². The molecule has 0 unspecified atom stereocenters. The molecule has 0 aliphatic heterocycles. The van der Waals surface area contributed by atoms with Gasteiger partial charge in [-0.2, -0.15) is 0 Å². The summed E-state index contributed by atoms with van der Waals surface area (Å²) in [4.78, 5) is 36.7. The normalized spacial score (nSPS) is 10.4. The quantitative estimate of drug-likeness (QED) is 0.764. The molecule has 24 heavy (non-hydrogen) atoms. The van der Waals surface area contributed by atoms with Crippen LogP contribution in [0.1, 0.15) is 37.6 Å². The Balaban J connectivity index is 2.87. The fourth-order valence-corrected chi connectivity index (χ4v) is 2.38. The molecule has 0 saturated heterocycles. The molecule has 6 nitrogen and oxygen atoms in total. The standard InChI is InChI=1S/C17H23ClN2O4/c1-11(2)9-16(22)19-7-8-20(12(3)21)15-10-13(17(23)24-4)5-6-14(15)18/h5-6,10-11H,7-9H2,1-4H3,(H,19,22). The number of methoxy groups -OCH3 is 1. The fourth-order valence-electron chi connectivity index (χ4n) is 2.16. The summed E-state index contributed by atoms with van der Waals surface area (Å²) in [5.74, 6) is -0.554. The molecule has 2 amide bonds. The van der Waals surface area contributed by atoms with Crippen LogP contribution in [-0.4, -0.2) is 38.0 Å². The van der Waals surface area contributed by atoms with Crippen molar-refractivity contribution in [2.75, 3.05) is 25.1 Å². The highest BCUT2D eigenvalue weighted by atomic mass is 35.5. The van der Waals surface area contributed by atoms with E-state index in [0.29, 0.717) is 29.2 Å². The van der Waals surface area contributed by atoms with Crippen LogP contribution in [0.2, 0.25) is 5.02 Å². The minimum absolute atomic E-state index is 0.0667. The van der Waals surface area contributed by atoms with Gasteiger partial charge < -0.3 is 15.0 Å². The average Bonchev–Trinajstić information content (AvgIpc) is 2.50. The van der Waals surface area contributed by atoms with E-state index in [4.69, 9.17) is 11.6 Å². The molecule has 0 fully saturated rings. The van der Waals surface area contributed by atoms with Crippen molar-refractivity contribution >= 4 is 35.1 Å². The zero-order valence-corrected chi connectivity index (χ0v) is 15.1. The molecular weight excluding hydrogens is 332 g/mol. The first-order valence-corrected chi connectivity index (χ1v) is 8.06. The second-order valence-corrected chi connectivity index (χ2v) is 6.18. The Bertz CT molecular complexity index is 617. The molecule has 0 bridgehead atoms. The molecule has 1 rings (SSSR count). The van der Waals surface area contributed by atoms with E-state index in [9.17, 15) is 14.4 Å². The summed E-state index contributed by atoms with van der Waals surface area (Å²) in [5.41, 5.74) is 0.706. The molecule has 132 valence electrons. The van der Waals surface area contributed by atoms with E-state index in [1.807, 2.05) is 13.8 Å². The first kappa shape index (κ1) is 20.0. The molecule has 0 saturated carbocycles. The van der Waals surface area contributed by atoms with Gasteiger partial charge in [0, 0.05) is 26.4 Å². The molecule has 7 heteroatoms. The first-order valence-electron chi connectivity index (χ1n) is 7.69. The number of halogens is 1. The summed E-state index contributed by atoms with van der Waals surface area (Å²) < 4.78 is 4.68. The second kappa shape index (κ2) is 9.27. The molecule has 0 aliphatic rings. The Labute approximate surface area is 147 Å². The van der Waals surface area contributed by atoms with Crippen LogP contribution >= 0.6 is 11.6 Å². The number of esters is 1. The summed E-state index contributed by atoms with van der Waals surface area (Å²) in [6, 6.07) is 4.57. The lowest BCUT2D eigenvalue weighted by Gasteiger charge is -2.23. The Hall–Kier alpha value is -2.08. The predicted octanol–water partition coefficient (Wildman–Crippen LogP) is 2.64. The SMILES string of the molecule is COC(=O)c1ccc(Cl)c(N(CCNC(=O)CC(C)C)C(C)=O)c1. The maximum atomic E-state index is 11.9. The number of hydrogen-bond acceptors (Lipinski definition) is 4. The van der Waals surface area contributed by atoms with Gasteiger partial charge in [-0.05, 0) is 24.1 Å². The predicted molar refractivity (Wildman–Crippen MR) is 93.3 cm³/mol. The van der Waals surface area contributed by atoms with Gasteiger partial charge in [0.2, 0.25) is 11.8 Å². The molecular formula is C17H23ClN2O4. The molecule has 0 aromatic heterocycles. The van der Waals surface area contributed by atoms with E-state index in [0.717, 1.165) is 0 Å². The second-order valence-electron chi connectivity index (χ2n) is 5.78. The van der Waals surface area contributed by atoms with Gasteiger partial charge >= 0.3 is 5.97 Å². The third-order valence-electron chi connectivity index (χ3n) is 3.29. The van der Waals surface area contributed by atoms with Crippen LogP contribution in [0.25, 0.3) is 0 Å². The van der Waals surface area contributed by atoms with E-state index in [1.54, 1.807) is 0 Å². The van der Waals surface area contributed by atoms with Crippen molar-refractivity contribution in [2.45, 2.75) is 27.2 Å². The number of benzene rings is 1. The minimum atomic E-state index is -0.512. The largest absolute Gasteiger partial charge is 0.465 e. The van der Waals surface area contributed by atoms with Crippen molar-refractivity contribution in [1.29, 1.82) is 0 Å². The summed E-state index contributed by atoms with van der Waals surface area (Å²) in [6.45, 7) is 5.86. The van der Waals surface area contributed by atoms with Crippen LogP contribution in [0.15, 0.2) is 18.2 Å². The molecule has 1 N–H and O–H groups in total. The van der Waals surface area contributed by atoms with Crippen LogP contribution in [-0.2, 0) is 14.3 Å². The number of carbonyl (C=O) groups excluding carboxylic acids is 3. The smallest absolute Gasteiger partial charge is 0.337 e. The molecule has 1 aromatic rings. The summed E-state index contributed by atoms with van der Waals surface area (Å²) >= 11 is 6.16. The molecule has 0 atom stereocenters. The van der Waals surface area contributed by atoms with Gasteiger partial charge in [-0.1, -0.05) is 25.4 Å². The summed E-state index contributed by atoms with van der Waals surface area (Å²) in [5, 5.41) is 3.11. The molecule has 0 spiro atoms. The van der Waals surface area contributed by atoms with E-state index >= 15 is 0 Å². The molecule has 0 heterocycles. The van der Waals surface area contributed by atoms with E-state index in [1.165, 1.54) is 37.1 Å². The third kappa shape index (κ3) is 5.85. The van der Waals surface area contributed by atoms with Crippen molar-refractivity contribution in [2.24, 2.45) is 5.92 Å². The van der Waals surface area contributed by atoms with Crippen molar-refractivity contribution in [1.82, 2.24) is 5.32 Å². The lowest BCUT2D eigenvalue weighted by Crippen LogP contribution is -2.38. The van der Waals surface area contributed by atoms with Crippen molar-refractivity contribution in [3.8, 4) is 0 Å². The van der Waals surface area contributed by atoms with Crippen LogP contribution in [0.5, 0.6) is 0 Å². The average molecular weight is 355 g/mol. The zero-order chi connectivity index (χ0) is 18.3. The maximum Gasteiger partial charge on any atom is 0.337 e. The van der Waals surface area contributed by atoms with Crippen molar-refractivity contribution in [3.63, 3.8) is 0 Å². The van der Waals surface area contributed by atoms with E-state index in [2.05, 4.69) is 10.1 Å². The Morgan fingerprint density at radius 1 is 1.29 bits per heavy atom. The lowest BCUT2D eigenvalue weighted by molar-refractivity contribution is -0.122. The van der Waals surface area contributed by atoms with Gasteiger partial charge in [0.15, 0.2) is 0 Å². The summed E-state index contributed by atoms with van der Waals surface area (Å²) in [7, 11) is 1.28. The number of rotatable bonds is 7. The van der Waals surface area contributed by atoms with Crippen LogP contribution < -0.4 is 10.2 Å². The third-order valence-corrected chi connectivity index (χ3v) is 3.61. The van der Waals surface area contributed by atoms with Gasteiger partial charge in [0.1, 0.15) is 0 Å². The van der Waals surface area contributed by atoms with Gasteiger partial charge in [0.25, 0.3) is 0 Å². The Morgan fingerprint density at radius 2 is 1.96 bits per heavy atom. The number of carbonyl (C=O) groups is 3. The highest BCUT2D eigenvalue weighted by Crippen LogP contribution is 2.27. The first-order chi connectivity index (χ1) is 11.3. The zero-order valence-electron chi connectivity index (χ0n) is 14.4. The molecule has 1 aromatic carbocycles. The van der Waals surface area contributed by atoms with Crippen LogP contribution in [0.4, 0.5) is 5.69 Å². The number of nitrogens with zero attached hydrogens (tertiary/aromatic N) is 1. The van der Waals surface area contributed by atoms with Gasteiger partial charge in [-0.3, -0.25) is 9.59 Å². The number of nitrogens with one attached hydrogen (secondary N) is 1. The van der Waals surface area contributed by atoms with E-state index < -0.39 is 5.97 Å². The molecule has 0 aliphatic carbocycles. The number of ether oxygens (including phenoxy) is 1. The van der Waals surface area contributed by atoms with Gasteiger partial charge in [-0.25, -0.2) is 4.79 Å². The monoisotopic (exact) mass is 354 g/mol. The lowest BCUT2D eigenvalue weighted by atomic mass is 10.1. The van der Waals surface area contributed by atoms with Gasteiger partial charge in [0.05, 0.1) is 23.4 Å². The number of anilines is 1. The van der Waals surface area contributed by atoms with Crippen LogP contribution in [0.3, 0.4) is 0 Å². The van der Waals surface area contributed by atoms with Gasteiger partial charge in [-0.15, -0.1) is 0 Å². The summed E-state index contributed by atoms with van der Waals surface area (Å²) in [6.07, 6.45) is 0.429. The topological polar surface area (TPSA) is 75.7 Å². The van der Waals surface area contributed by atoms with E-state index in [-0.39, 0.29) is 24.3 Å². The highest BCUT2D eigenvalue weighted by molar-refractivity contribution is 6.34. The highest BCUT2D eigenvalue weighted by Gasteiger charge is 2.18. The number of amides is 2. The maximum absolute atomic E-state index is 11.9.